The highest BCUT2D eigenvalue weighted by Gasteiger charge is 2.39. The van der Waals surface area contributed by atoms with Gasteiger partial charge in [0.1, 0.15) is 5.75 Å². The summed E-state index contributed by atoms with van der Waals surface area (Å²) in [5.41, 5.74) is 6.28. The summed E-state index contributed by atoms with van der Waals surface area (Å²) in [6, 6.07) is 35.0. The standard InChI is InChI=1S/C38H46N4OSi/c1-28-26-42(29(2)25-41(28)27-30-12-9-8-10-13-30)37(34-14-11-15-35(23-34)43-44(6,7)38(3,4)5)33-18-16-32(17-19-33)36-22-31(24-39)20-21-40-36/h8-23,28-29,37H,25-27H2,1-7H3/t28-,29+,37-/m1/s1. The minimum absolute atomic E-state index is 0.0711. The number of nitriles is 1. The molecule has 0 unspecified atom stereocenters. The summed E-state index contributed by atoms with van der Waals surface area (Å²) in [5, 5.41) is 9.51. The van der Waals surface area contributed by atoms with Crippen LogP contribution in [0.1, 0.15) is 62.9 Å². The van der Waals surface area contributed by atoms with E-state index in [0.29, 0.717) is 17.6 Å². The van der Waals surface area contributed by atoms with E-state index in [4.69, 9.17) is 4.43 Å². The van der Waals surface area contributed by atoms with Crippen molar-refractivity contribution < 1.29 is 4.43 Å². The number of benzene rings is 3. The maximum absolute atomic E-state index is 9.39. The van der Waals surface area contributed by atoms with E-state index >= 15 is 0 Å². The van der Waals surface area contributed by atoms with Crippen LogP contribution in [0.15, 0.2) is 97.2 Å². The number of hydrogen-bond acceptors (Lipinski definition) is 5. The monoisotopic (exact) mass is 602 g/mol. The maximum atomic E-state index is 9.39. The maximum Gasteiger partial charge on any atom is 0.250 e. The summed E-state index contributed by atoms with van der Waals surface area (Å²) in [6.45, 7) is 19.1. The zero-order valence-electron chi connectivity index (χ0n) is 27.3. The first-order valence-electron chi connectivity index (χ1n) is 15.7. The average molecular weight is 603 g/mol. The van der Waals surface area contributed by atoms with Crippen molar-refractivity contribution >= 4 is 8.32 Å². The second kappa shape index (κ2) is 13.1. The molecule has 1 fully saturated rings. The Morgan fingerprint density at radius 1 is 0.886 bits per heavy atom. The number of hydrogen-bond donors (Lipinski definition) is 0. The van der Waals surface area contributed by atoms with E-state index in [-0.39, 0.29) is 11.1 Å². The van der Waals surface area contributed by atoms with Gasteiger partial charge in [-0.2, -0.15) is 5.26 Å². The number of piperazine rings is 1. The Bertz CT molecular complexity index is 1590. The third-order valence-electron chi connectivity index (χ3n) is 9.49. The topological polar surface area (TPSA) is 52.4 Å². The fraction of sp³-hybridized carbons (Fsp3) is 0.368. The van der Waals surface area contributed by atoms with E-state index < -0.39 is 8.32 Å². The molecule has 1 aromatic heterocycles. The normalized spacial score (nSPS) is 18.9. The molecular weight excluding hydrogens is 557 g/mol. The molecule has 1 saturated heterocycles. The van der Waals surface area contributed by atoms with Crippen molar-refractivity contribution in [2.75, 3.05) is 13.1 Å². The molecule has 0 bridgehead atoms. The number of rotatable bonds is 8. The van der Waals surface area contributed by atoms with Gasteiger partial charge in [-0.05, 0) is 72.9 Å². The van der Waals surface area contributed by atoms with Crippen molar-refractivity contribution in [3.05, 3.63) is 119 Å². The summed E-state index contributed by atoms with van der Waals surface area (Å²) >= 11 is 0. The van der Waals surface area contributed by atoms with Gasteiger partial charge < -0.3 is 4.43 Å². The van der Waals surface area contributed by atoms with Crippen LogP contribution in [-0.4, -0.2) is 48.3 Å². The highest BCUT2D eigenvalue weighted by molar-refractivity contribution is 6.74. The third-order valence-corrected chi connectivity index (χ3v) is 13.8. The molecule has 228 valence electrons. The molecule has 44 heavy (non-hydrogen) atoms. The van der Waals surface area contributed by atoms with Crippen LogP contribution in [0.4, 0.5) is 0 Å². The molecule has 0 radical (unpaired) electrons. The lowest BCUT2D eigenvalue weighted by Crippen LogP contribution is -2.56. The molecule has 2 heterocycles. The minimum atomic E-state index is -2.00. The van der Waals surface area contributed by atoms with Crippen LogP contribution >= 0.6 is 0 Å². The van der Waals surface area contributed by atoms with Crippen molar-refractivity contribution in [2.24, 2.45) is 0 Å². The lowest BCUT2D eigenvalue weighted by molar-refractivity contribution is 0.0195. The lowest BCUT2D eigenvalue weighted by Gasteiger charge is -2.48. The van der Waals surface area contributed by atoms with Gasteiger partial charge in [-0.3, -0.25) is 14.8 Å². The fourth-order valence-corrected chi connectivity index (χ4v) is 6.91. The van der Waals surface area contributed by atoms with Gasteiger partial charge in [-0.15, -0.1) is 0 Å². The summed E-state index contributed by atoms with van der Waals surface area (Å²) < 4.78 is 6.79. The van der Waals surface area contributed by atoms with Crippen LogP contribution in [0, 0.1) is 11.3 Å². The second-order valence-electron chi connectivity index (χ2n) is 13.8. The van der Waals surface area contributed by atoms with Gasteiger partial charge in [0.2, 0.25) is 8.32 Å². The first-order valence-corrected chi connectivity index (χ1v) is 18.7. The first-order chi connectivity index (χ1) is 20.9. The number of pyridine rings is 1. The van der Waals surface area contributed by atoms with Gasteiger partial charge in [0.25, 0.3) is 0 Å². The van der Waals surface area contributed by atoms with Gasteiger partial charge in [-0.25, -0.2) is 0 Å². The van der Waals surface area contributed by atoms with Gasteiger partial charge >= 0.3 is 0 Å². The highest BCUT2D eigenvalue weighted by Crippen LogP contribution is 2.40. The lowest BCUT2D eigenvalue weighted by atomic mass is 9.92. The zero-order chi connectivity index (χ0) is 31.5. The van der Waals surface area contributed by atoms with E-state index in [1.54, 1.807) is 12.3 Å². The Hall–Kier alpha value is -3.76. The molecule has 0 amide bonds. The molecule has 1 aliphatic rings. The van der Waals surface area contributed by atoms with E-state index in [2.05, 4.69) is 147 Å². The van der Waals surface area contributed by atoms with Crippen LogP contribution in [0.3, 0.4) is 0 Å². The molecule has 4 aromatic rings. The second-order valence-corrected chi connectivity index (χ2v) is 18.5. The van der Waals surface area contributed by atoms with Gasteiger partial charge in [0.05, 0.1) is 23.4 Å². The largest absolute Gasteiger partial charge is 0.543 e. The molecule has 1 aliphatic heterocycles. The summed E-state index contributed by atoms with van der Waals surface area (Å²) in [5.74, 6) is 0.955. The summed E-state index contributed by atoms with van der Waals surface area (Å²) in [4.78, 5) is 9.81. The molecule has 6 heteroatoms. The molecule has 0 spiro atoms. The smallest absolute Gasteiger partial charge is 0.250 e. The quantitative estimate of drug-likeness (QED) is 0.189. The van der Waals surface area contributed by atoms with Gasteiger partial charge in [-0.1, -0.05) is 87.5 Å². The first kappa shape index (κ1) is 31.7. The summed E-state index contributed by atoms with van der Waals surface area (Å²) in [7, 11) is -2.00. The molecule has 0 aliphatic carbocycles. The highest BCUT2D eigenvalue weighted by atomic mass is 28.4. The van der Waals surface area contributed by atoms with E-state index in [0.717, 1.165) is 36.6 Å². The summed E-state index contributed by atoms with van der Waals surface area (Å²) in [6.07, 6.45) is 1.70. The Balaban J connectivity index is 1.49. The molecule has 5 rings (SSSR count). The van der Waals surface area contributed by atoms with Gasteiger partial charge in [0.15, 0.2) is 0 Å². The van der Waals surface area contributed by atoms with Gasteiger partial charge in [0, 0.05) is 43.5 Å². The zero-order valence-corrected chi connectivity index (χ0v) is 28.3. The molecule has 0 saturated carbocycles. The average Bonchev–Trinajstić information content (AvgIpc) is 3.00. The van der Waals surface area contributed by atoms with Crippen molar-refractivity contribution in [3.8, 4) is 23.1 Å². The SMILES string of the molecule is C[C@@H]1CN([C@H](c2ccc(-c3cc(C#N)ccn3)cc2)c2cccc(O[Si](C)(C)C(C)(C)C)c2)[C@@H](C)CN1Cc1ccccc1. The Morgan fingerprint density at radius 2 is 1.61 bits per heavy atom. The Labute approximate surface area is 265 Å². The van der Waals surface area contributed by atoms with E-state index in [9.17, 15) is 5.26 Å². The molecular formula is C38H46N4OSi. The van der Waals surface area contributed by atoms with Crippen molar-refractivity contribution in [2.45, 2.75) is 77.4 Å². The number of aromatic nitrogens is 1. The third kappa shape index (κ3) is 7.13. The Morgan fingerprint density at radius 3 is 2.30 bits per heavy atom. The number of nitrogens with zero attached hydrogens (tertiary/aromatic N) is 4. The van der Waals surface area contributed by atoms with E-state index in [1.165, 1.54) is 16.7 Å². The van der Waals surface area contributed by atoms with Crippen molar-refractivity contribution in [1.82, 2.24) is 14.8 Å². The van der Waals surface area contributed by atoms with Crippen LogP contribution in [0.2, 0.25) is 18.1 Å². The Kier molecular flexibility index (Phi) is 9.41. The minimum Gasteiger partial charge on any atom is -0.543 e. The van der Waals surface area contributed by atoms with Crippen molar-refractivity contribution in [1.29, 1.82) is 5.26 Å². The van der Waals surface area contributed by atoms with E-state index in [1.807, 2.05) is 6.07 Å². The molecule has 3 atom stereocenters. The van der Waals surface area contributed by atoms with Crippen LogP contribution < -0.4 is 4.43 Å². The predicted octanol–water partition coefficient (Wildman–Crippen LogP) is 8.69. The van der Waals surface area contributed by atoms with Crippen LogP contribution in [0.25, 0.3) is 11.3 Å². The molecule has 5 nitrogen and oxygen atoms in total. The molecule has 3 aromatic carbocycles. The van der Waals surface area contributed by atoms with Crippen LogP contribution in [0.5, 0.6) is 5.75 Å². The van der Waals surface area contributed by atoms with Crippen molar-refractivity contribution in [3.63, 3.8) is 0 Å². The molecule has 0 N–H and O–H groups in total. The van der Waals surface area contributed by atoms with Crippen LogP contribution in [-0.2, 0) is 6.54 Å². The predicted molar refractivity (Wildman–Crippen MR) is 183 cm³/mol. The fourth-order valence-electron chi connectivity index (χ4n) is 5.89.